The second kappa shape index (κ2) is 8.51. The van der Waals surface area contributed by atoms with Crippen LogP contribution in [0.15, 0.2) is 0 Å². The molecule has 0 aromatic heterocycles. The number of nitrogens with two attached hydrogens (primary N) is 1. The largest absolute Gasteiger partial charge is 0.383 e. The van der Waals surface area contributed by atoms with Gasteiger partial charge in [0.1, 0.15) is 0 Å². The van der Waals surface area contributed by atoms with Gasteiger partial charge in [-0.2, -0.15) is 0 Å². The fraction of sp³-hybridized carbons (Fsp3) is 0.929. The molecule has 1 aliphatic rings. The van der Waals surface area contributed by atoms with Crippen molar-refractivity contribution < 1.29 is 9.53 Å². The minimum Gasteiger partial charge on any atom is -0.383 e. The Morgan fingerprint density at radius 2 is 2.05 bits per heavy atom. The van der Waals surface area contributed by atoms with E-state index in [0.717, 1.165) is 32.2 Å². The molecule has 1 rings (SSSR count). The molecule has 3 N–H and O–H groups in total. The van der Waals surface area contributed by atoms with Gasteiger partial charge in [-0.3, -0.25) is 9.69 Å². The van der Waals surface area contributed by atoms with Crippen LogP contribution in [0.5, 0.6) is 0 Å². The van der Waals surface area contributed by atoms with Crippen molar-refractivity contribution in [2.45, 2.75) is 57.7 Å². The molecule has 5 heteroatoms. The molecule has 1 atom stereocenters. The molecule has 1 amide bonds. The topological polar surface area (TPSA) is 67.6 Å². The van der Waals surface area contributed by atoms with Gasteiger partial charge in [0.2, 0.25) is 5.91 Å². The maximum Gasteiger partial charge on any atom is 0.237 e. The lowest BCUT2D eigenvalue weighted by Gasteiger charge is -2.38. The molecule has 1 fully saturated rings. The van der Waals surface area contributed by atoms with Crippen molar-refractivity contribution in [3.8, 4) is 0 Å². The lowest BCUT2D eigenvalue weighted by atomic mass is 9.90. The number of carbonyl (C=O) groups is 1. The summed E-state index contributed by atoms with van der Waals surface area (Å²) < 4.78 is 4.94. The van der Waals surface area contributed by atoms with E-state index in [1.807, 2.05) is 6.92 Å². The second-order valence-electron chi connectivity index (χ2n) is 5.36. The SMILES string of the molecule is CCN(C1CCC(N)CC1)C(C)C(=O)NCCOC. The van der Waals surface area contributed by atoms with E-state index < -0.39 is 0 Å². The van der Waals surface area contributed by atoms with Crippen molar-refractivity contribution >= 4 is 5.91 Å². The van der Waals surface area contributed by atoms with E-state index in [1.165, 1.54) is 0 Å². The molecule has 1 unspecified atom stereocenters. The summed E-state index contributed by atoms with van der Waals surface area (Å²) in [5.74, 6) is 0.0915. The number of amides is 1. The van der Waals surface area contributed by atoms with Crippen LogP contribution >= 0.6 is 0 Å². The highest BCUT2D eigenvalue weighted by Crippen LogP contribution is 2.23. The van der Waals surface area contributed by atoms with Crippen molar-refractivity contribution in [3.05, 3.63) is 0 Å². The van der Waals surface area contributed by atoms with Crippen LogP contribution in [0, 0.1) is 0 Å². The zero-order valence-electron chi connectivity index (χ0n) is 12.5. The average Bonchev–Trinajstić information content (AvgIpc) is 2.41. The second-order valence-corrected chi connectivity index (χ2v) is 5.36. The van der Waals surface area contributed by atoms with E-state index >= 15 is 0 Å². The number of carbonyl (C=O) groups excluding carboxylic acids is 1. The van der Waals surface area contributed by atoms with E-state index in [2.05, 4.69) is 17.1 Å². The van der Waals surface area contributed by atoms with Crippen molar-refractivity contribution in [3.63, 3.8) is 0 Å². The molecule has 5 nitrogen and oxygen atoms in total. The van der Waals surface area contributed by atoms with Gasteiger partial charge >= 0.3 is 0 Å². The van der Waals surface area contributed by atoms with Gasteiger partial charge in [-0.1, -0.05) is 6.92 Å². The quantitative estimate of drug-likeness (QED) is 0.670. The van der Waals surface area contributed by atoms with Crippen molar-refractivity contribution in [1.29, 1.82) is 0 Å². The minimum absolute atomic E-state index is 0.0822. The Bertz CT molecular complexity index is 265. The number of methoxy groups -OCH3 is 1. The highest BCUT2D eigenvalue weighted by atomic mass is 16.5. The molecule has 0 bridgehead atoms. The van der Waals surface area contributed by atoms with Gasteiger partial charge in [0.05, 0.1) is 12.6 Å². The lowest BCUT2D eigenvalue weighted by molar-refractivity contribution is -0.127. The van der Waals surface area contributed by atoms with Gasteiger partial charge in [-0.15, -0.1) is 0 Å². The van der Waals surface area contributed by atoms with Crippen LogP contribution in [0.3, 0.4) is 0 Å². The highest BCUT2D eigenvalue weighted by molar-refractivity contribution is 5.81. The number of likely N-dealkylation sites (N-methyl/N-ethyl adjacent to an activating group) is 1. The van der Waals surface area contributed by atoms with Gasteiger partial charge in [0, 0.05) is 25.7 Å². The standard InChI is InChI=1S/C14H29N3O2/c1-4-17(13-7-5-12(15)6-8-13)11(2)14(18)16-9-10-19-3/h11-13H,4-10,15H2,1-3H3,(H,16,18). The predicted octanol–water partition coefficient (Wildman–Crippen LogP) is 0.729. The van der Waals surface area contributed by atoms with Crippen LogP contribution in [0.2, 0.25) is 0 Å². The molecule has 1 saturated carbocycles. The van der Waals surface area contributed by atoms with E-state index in [0.29, 0.717) is 25.2 Å². The summed E-state index contributed by atoms with van der Waals surface area (Å²) >= 11 is 0. The summed E-state index contributed by atoms with van der Waals surface area (Å²) in [5, 5.41) is 2.92. The highest BCUT2D eigenvalue weighted by Gasteiger charge is 2.29. The Hall–Kier alpha value is -0.650. The van der Waals surface area contributed by atoms with Gasteiger partial charge in [0.25, 0.3) is 0 Å². The van der Waals surface area contributed by atoms with Crippen molar-refractivity contribution in [1.82, 2.24) is 10.2 Å². The Morgan fingerprint density at radius 3 is 2.58 bits per heavy atom. The predicted molar refractivity (Wildman–Crippen MR) is 77.0 cm³/mol. The maximum atomic E-state index is 12.1. The molecule has 19 heavy (non-hydrogen) atoms. The van der Waals surface area contributed by atoms with Crippen LogP contribution in [0.25, 0.3) is 0 Å². The first-order valence-electron chi connectivity index (χ1n) is 7.38. The molecule has 0 spiro atoms. The van der Waals surface area contributed by atoms with E-state index in [-0.39, 0.29) is 11.9 Å². The van der Waals surface area contributed by atoms with Crippen molar-refractivity contribution in [2.75, 3.05) is 26.8 Å². The first kappa shape index (κ1) is 16.4. The number of hydrogen-bond acceptors (Lipinski definition) is 4. The number of rotatable bonds is 7. The third-order valence-electron chi connectivity index (χ3n) is 4.06. The number of nitrogens with zero attached hydrogens (tertiary/aromatic N) is 1. The molecular formula is C14H29N3O2. The van der Waals surface area contributed by atoms with Crippen LogP contribution in [0.4, 0.5) is 0 Å². The normalized spacial score (nSPS) is 25.3. The van der Waals surface area contributed by atoms with Gasteiger partial charge in [-0.05, 0) is 39.2 Å². The Labute approximate surface area is 116 Å². The Balaban J connectivity index is 2.46. The maximum absolute atomic E-state index is 12.1. The summed E-state index contributed by atoms with van der Waals surface area (Å²) in [6.07, 6.45) is 4.34. The molecule has 1 aliphatic carbocycles. The van der Waals surface area contributed by atoms with Crippen LogP contribution < -0.4 is 11.1 Å². The summed E-state index contributed by atoms with van der Waals surface area (Å²) in [6.45, 7) is 6.14. The van der Waals surface area contributed by atoms with Gasteiger partial charge in [0.15, 0.2) is 0 Å². The fourth-order valence-corrected chi connectivity index (χ4v) is 2.86. The van der Waals surface area contributed by atoms with Crippen LogP contribution in [-0.4, -0.2) is 55.7 Å². The number of ether oxygens (including phenoxy) is 1. The van der Waals surface area contributed by atoms with Gasteiger partial charge < -0.3 is 15.8 Å². The zero-order valence-corrected chi connectivity index (χ0v) is 12.5. The lowest BCUT2D eigenvalue weighted by Crippen LogP contribution is -2.51. The minimum atomic E-state index is -0.0822. The Kier molecular flexibility index (Phi) is 7.34. The zero-order chi connectivity index (χ0) is 14.3. The average molecular weight is 271 g/mol. The summed E-state index contributed by atoms with van der Waals surface area (Å²) in [4.78, 5) is 14.4. The molecule has 0 aliphatic heterocycles. The van der Waals surface area contributed by atoms with Crippen LogP contribution in [-0.2, 0) is 9.53 Å². The Morgan fingerprint density at radius 1 is 1.42 bits per heavy atom. The first-order valence-corrected chi connectivity index (χ1v) is 7.38. The third-order valence-corrected chi connectivity index (χ3v) is 4.06. The molecule has 0 heterocycles. The van der Waals surface area contributed by atoms with E-state index in [9.17, 15) is 4.79 Å². The molecule has 0 saturated heterocycles. The smallest absolute Gasteiger partial charge is 0.237 e. The van der Waals surface area contributed by atoms with E-state index in [4.69, 9.17) is 10.5 Å². The first-order chi connectivity index (χ1) is 9.10. The fourth-order valence-electron chi connectivity index (χ4n) is 2.86. The summed E-state index contributed by atoms with van der Waals surface area (Å²) in [5.41, 5.74) is 5.94. The molecular weight excluding hydrogens is 242 g/mol. The van der Waals surface area contributed by atoms with Crippen LogP contribution in [0.1, 0.15) is 39.5 Å². The molecule has 0 radical (unpaired) electrons. The molecule has 0 aromatic carbocycles. The third kappa shape index (κ3) is 5.09. The number of nitrogens with one attached hydrogen (secondary N) is 1. The monoisotopic (exact) mass is 271 g/mol. The molecule has 112 valence electrons. The van der Waals surface area contributed by atoms with Gasteiger partial charge in [-0.25, -0.2) is 0 Å². The van der Waals surface area contributed by atoms with Crippen molar-refractivity contribution in [2.24, 2.45) is 5.73 Å². The number of hydrogen-bond donors (Lipinski definition) is 2. The van der Waals surface area contributed by atoms with E-state index in [1.54, 1.807) is 7.11 Å². The summed E-state index contributed by atoms with van der Waals surface area (Å²) in [7, 11) is 1.64. The summed E-state index contributed by atoms with van der Waals surface area (Å²) in [6, 6.07) is 0.759. The molecule has 0 aromatic rings.